The molecule has 1 N–H and O–H groups in total. The van der Waals surface area contributed by atoms with Gasteiger partial charge in [0.15, 0.2) is 0 Å². The lowest BCUT2D eigenvalue weighted by atomic mass is 10.1. The summed E-state index contributed by atoms with van der Waals surface area (Å²) in [4.78, 5) is 22.3. The van der Waals surface area contributed by atoms with Crippen LogP contribution in [0, 0.1) is 10.1 Å². The van der Waals surface area contributed by atoms with Crippen LogP contribution in [-0.2, 0) is 11.2 Å². The molecule has 0 fully saturated rings. The Bertz CT molecular complexity index is 692. The van der Waals surface area contributed by atoms with Crippen LogP contribution in [0.5, 0.6) is 0 Å². The number of benzene rings is 2. The van der Waals surface area contributed by atoms with Gasteiger partial charge in [-0.05, 0) is 24.5 Å². The van der Waals surface area contributed by atoms with E-state index >= 15 is 0 Å². The van der Waals surface area contributed by atoms with Crippen molar-refractivity contribution in [1.29, 1.82) is 0 Å². The van der Waals surface area contributed by atoms with Crippen LogP contribution < -0.4 is 5.32 Å². The molecule has 5 nitrogen and oxygen atoms in total. The number of nitrogens with one attached hydrogen (secondary N) is 1. The number of carbonyl (C=O) groups is 1. The molecule has 2 rings (SSSR count). The number of rotatable bonds is 8. The zero-order valence-corrected chi connectivity index (χ0v) is 14.3. The summed E-state index contributed by atoms with van der Waals surface area (Å²) in [5.74, 6) is 0.312. The molecule has 0 bridgehead atoms. The van der Waals surface area contributed by atoms with Crippen LogP contribution >= 0.6 is 11.8 Å². The van der Waals surface area contributed by atoms with E-state index in [0.717, 1.165) is 12.0 Å². The highest BCUT2D eigenvalue weighted by Crippen LogP contribution is 2.29. The Balaban J connectivity index is 1.75. The van der Waals surface area contributed by atoms with E-state index in [2.05, 4.69) is 5.32 Å². The monoisotopic (exact) mass is 344 g/mol. The number of non-ortho nitro benzene ring substituents is 1. The smallest absolute Gasteiger partial charge is 0.269 e. The topological polar surface area (TPSA) is 72.2 Å². The summed E-state index contributed by atoms with van der Waals surface area (Å²) in [7, 11) is 0. The molecule has 0 aliphatic heterocycles. The summed E-state index contributed by atoms with van der Waals surface area (Å²) >= 11 is 1.47. The van der Waals surface area contributed by atoms with Crippen molar-refractivity contribution in [3.63, 3.8) is 0 Å². The average Bonchev–Trinajstić information content (AvgIpc) is 2.60. The van der Waals surface area contributed by atoms with Crippen molar-refractivity contribution in [2.45, 2.75) is 18.6 Å². The quantitative estimate of drug-likeness (QED) is 0.585. The highest BCUT2D eigenvalue weighted by Gasteiger charge is 2.13. The van der Waals surface area contributed by atoms with Crippen molar-refractivity contribution >= 4 is 23.4 Å². The van der Waals surface area contributed by atoms with Gasteiger partial charge in [-0.2, -0.15) is 0 Å². The molecule has 0 aliphatic rings. The van der Waals surface area contributed by atoms with Crippen molar-refractivity contribution in [2.75, 3.05) is 12.3 Å². The molecule has 0 unspecified atom stereocenters. The van der Waals surface area contributed by atoms with Crippen LogP contribution in [0.15, 0.2) is 54.6 Å². The number of thioether (sulfide) groups is 1. The third kappa shape index (κ3) is 5.70. The van der Waals surface area contributed by atoms with E-state index in [0.29, 0.717) is 12.3 Å². The third-order valence-corrected chi connectivity index (χ3v) is 4.79. The first-order chi connectivity index (χ1) is 11.6. The molecule has 0 heterocycles. The van der Waals surface area contributed by atoms with E-state index in [-0.39, 0.29) is 16.8 Å². The van der Waals surface area contributed by atoms with Gasteiger partial charge in [-0.3, -0.25) is 14.9 Å². The fraction of sp³-hybridized carbons (Fsp3) is 0.278. The third-order valence-electron chi connectivity index (χ3n) is 3.59. The normalized spacial score (nSPS) is 11.7. The maximum absolute atomic E-state index is 11.9. The molecule has 0 saturated heterocycles. The Kier molecular flexibility index (Phi) is 6.81. The van der Waals surface area contributed by atoms with E-state index in [1.807, 2.05) is 43.3 Å². The van der Waals surface area contributed by atoms with Gasteiger partial charge in [-0.1, -0.05) is 42.5 Å². The van der Waals surface area contributed by atoms with Gasteiger partial charge in [0.25, 0.3) is 5.69 Å². The fourth-order valence-electron chi connectivity index (χ4n) is 2.23. The Labute approximate surface area is 145 Å². The van der Waals surface area contributed by atoms with Crippen molar-refractivity contribution in [2.24, 2.45) is 0 Å². The van der Waals surface area contributed by atoms with E-state index in [4.69, 9.17) is 0 Å². The minimum atomic E-state index is -0.406. The van der Waals surface area contributed by atoms with E-state index < -0.39 is 4.92 Å². The van der Waals surface area contributed by atoms with Gasteiger partial charge in [0, 0.05) is 23.9 Å². The van der Waals surface area contributed by atoms with Gasteiger partial charge in [-0.15, -0.1) is 11.8 Å². The lowest BCUT2D eigenvalue weighted by Crippen LogP contribution is -2.27. The summed E-state index contributed by atoms with van der Waals surface area (Å²) in [6.45, 7) is 2.55. The number of nitro benzene ring substituents is 1. The van der Waals surface area contributed by atoms with Gasteiger partial charge in [0.2, 0.25) is 5.91 Å². The second kappa shape index (κ2) is 9.08. The maximum atomic E-state index is 11.9. The summed E-state index contributed by atoms with van der Waals surface area (Å²) < 4.78 is 0. The second-order valence-electron chi connectivity index (χ2n) is 5.39. The number of hydrogen-bond acceptors (Lipinski definition) is 4. The SMILES string of the molecule is C[C@@H](SCC(=O)NCCc1ccccc1)c1cccc([N+](=O)[O-])c1. The standard InChI is InChI=1S/C18H20N2O3S/c1-14(16-8-5-9-17(12-16)20(22)23)24-13-18(21)19-11-10-15-6-3-2-4-7-15/h2-9,12,14H,10-11,13H2,1H3,(H,19,21)/t14-/m1/s1. The van der Waals surface area contributed by atoms with Gasteiger partial charge in [0.1, 0.15) is 0 Å². The molecule has 1 atom stereocenters. The van der Waals surface area contributed by atoms with Crippen molar-refractivity contribution in [1.82, 2.24) is 5.32 Å². The van der Waals surface area contributed by atoms with Gasteiger partial charge in [-0.25, -0.2) is 0 Å². The zero-order chi connectivity index (χ0) is 17.4. The van der Waals surface area contributed by atoms with Gasteiger partial charge < -0.3 is 5.32 Å². The Hall–Kier alpha value is -2.34. The number of nitro groups is 1. The summed E-state index contributed by atoms with van der Waals surface area (Å²) in [6.07, 6.45) is 0.803. The molecule has 0 aromatic heterocycles. The molecule has 24 heavy (non-hydrogen) atoms. The number of nitrogens with zero attached hydrogens (tertiary/aromatic N) is 1. The second-order valence-corrected chi connectivity index (χ2v) is 6.72. The number of hydrogen-bond donors (Lipinski definition) is 1. The Morgan fingerprint density at radius 2 is 1.96 bits per heavy atom. The Morgan fingerprint density at radius 1 is 1.21 bits per heavy atom. The largest absolute Gasteiger partial charge is 0.355 e. The molecule has 2 aromatic rings. The summed E-state index contributed by atoms with van der Waals surface area (Å²) in [5.41, 5.74) is 2.12. The van der Waals surface area contributed by atoms with E-state index in [9.17, 15) is 14.9 Å². The van der Waals surface area contributed by atoms with E-state index in [1.54, 1.807) is 12.1 Å². The van der Waals surface area contributed by atoms with E-state index in [1.165, 1.54) is 23.4 Å². The highest BCUT2D eigenvalue weighted by atomic mass is 32.2. The first kappa shape index (κ1) is 18.0. The van der Waals surface area contributed by atoms with Crippen LogP contribution in [0.3, 0.4) is 0 Å². The first-order valence-electron chi connectivity index (χ1n) is 7.73. The number of amides is 1. The molecule has 0 radical (unpaired) electrons. The molecule has 0 spiro atoms. The van der Waals surface area contributed by atoms with Crippen LogP contribution in [0.4, 0.5) is 5.69 Å². The maximum Gasteiger partial charge on any atom is 0.269 e. The van der Waals surface area contributed by atoms with Crippen molar-refractivity contribution in [3.05, 3.63) is 75.8 Å². The molecule has 0 aliphatic carbocycles. The van der Waals surface area contributed by atoms with Crippen LogP contribution in [0.1, 0.15) is 23.3 Å². The summed E-state index contributed by atoms with van der Waals surface area (Å²) in [5, 5.41) is 13.7. The summed E-state index contributed by atoms with van der Waals surface area (Å²) in [6, 6.07) is 16.5. The first-order valence-corrected chi connectivity index (χ1v) is 8.77. The Morgan fingerprint density at radius 3 is 2.67 bits per heavy atom. The minimum Gasteiger partial charge on any atom is -0.355 e. The lowest BCUT2D eigenvalue weighted by molar-refractivity contribution is -0.384. The minimum absolute atomic E-state index is 0.0183. The molecule has 126 valence electrons. The predicted octanol–water partition coefficient (Wildman–Crippen LogP) is 3.75. The average molecular weight is 344 g/mol. The lowest BCUT2D eigenvalue weighted by Gasteiger charge is -2.11. The molecular formula is C18H20N2O3S. The molecule has 0 saturated carbocycles. The molecule has 1 amide bonds. The van der Waals surface area contributed by atoms with Crippen LogP contribution in [0.2, 0.25) is 0 Å². The number of carbonyl (C=O) groups excluding carboxylic acids is 1. The van der Waals surface area contributed by atoms with Crippen molar-refractivity contribution < 1.29 is 9.72 Å². The highest BCUT2D eigenvalue weighted by molar-refractivity contribution is 8.00. The van der Waals surface area contributed by atoms with Crippen LogP contribution in [0.25, 0.3) is 0 Å². The fourth-order valence-corrected chi connectivity index (χ4v) is 3.07. The molecule has 2 aromatic carbocycles. The van der Waals surface area contributed by atoms with Gasteiger partial charge >= 0.3 is 0 Å². The van der Waals surface area contributed by atoms with Crippen LogP contribution in [-0.4, -0.2) is 23.1 Å². The zero-order valence-electron chi connectivity index (χ0n) is 13.5. The molecular weight excluding hydrogens is 324 g/mol. The predicted molar refractivity (Wildman–Crippen MR) is 97.1 cm³/mol. The van der Waals surface area contributed by atoms with Crippen molar-refractivity contribution in [3.8, 4) is 0 Å². The molecule has 6 heteroatoms. The van der Waals surface area contributed by atoms with Gasteiger partial charge in [0.05, 0.1) is 10.7 Å².